The van der Waals surface area contributed by atoms with Crippen LogP contribution in [0.4, 0.5) is 0 Å². The molecule has 0 spiro atoms. The van der Waals surface area contributed by atoms with E-state index in [1.54, 1.807) is 0 Å². The van der Waals surface area contributed by atoms with Crippen LogP contribution in [-0.2, 0) is 6.54 Å². The van der Waals surface area contributed by atoms with E-state index in [0.717, 1.165) is 21.0 Å². The van der Waals surface area contributed by atoms with Crippen molar-refractivity contribution in [1.82, 2.24) is 5.32 Å². The minimum absolute atomic E-state index is 0.188. The lowest BCUT2D eigenvalue weighted by Gasteiger charge is -2.14. The third-order valence-corrected chi connectivity index (χ3v) is 3.35. The molecule has 0 aliphatic rings. The fourth-order valence-electron chi connectivity index (χ4n) is 1.64. The Balaban J connectivity index is 1.98. The summed E-state index contributed by atoms with van der Waals surface area (Å²) in [6.07, 6.45) is 0. The minimum atomic E-state index is 0.188. The summed E-state index contributed by atoms with van der Waals surface area (Å²) in [4.78, 5) is 0. The highest BCUT2D eigenvalue weighted by molar-refractivity contribution is 9.10. The summed E-state index contributed by atoms with van der Waals surface area (Å²) in [6.45, 7) is 2.76. The molecule has 1 aromatic heterocycles. The fraction of sp³-hybridized carbons (Fsp3) is 0.231. The monoisotopic (exact) mass is 313 g/mol. The van der Waals surface area contributed by atoms with Crippen molar-refractivity contribution in [3.8, 4) is 0 Å². The molecule has 17 heavy (non-hydrogen) atoms. The zero-order valence-corrected chi connectivity index (χ0v) is 11.8. The first-order chi connectivity index (χ1) is 8.16. The van der Waals surface area contributed by atoms with Crippen LogP contribution >= 0.6 is 27.5 Å². The first-order valence-corrected chi connectivity index (χ1v) is 6.56. The lowest BCUT2D eigenvalue weighted by molar-refractivity contribution is 0.447. The largest absolute Gasteiger partial charge is 0.453 e. The van der Waals surface area contributed by atoms with Crippen molar-refractivity contribution in [3.05, 3.63) is 57.4 Å². The number of benzene rings is 1. The van der Waals surface area contributed by atoms with Gasteiger partial charge in [-0.3, -0.25) is 0 Å². The van der Waals surface area contributed by atoms with E-state index in [1.807, 2.05) is 36.4 Å². The predicted molar refractivity (Wildman–Crippen MR) is 73.1 cm³/mol. The molecule has 0 aliphatic carbocycles. The SMILES string of the molecule is C[C@H](NCc1ccc(Br)o1)c1ccccc1Cl. The maximum Gasteiger partial charge on any atom is 0.169 e. The summed E-state index contributed by atoms with van der Waals surface area (Å²) < 4.78 is 6.17. The molecule has 0 saturated carbocycles. The van der Waals surface area contributed by atoms with Gasteiger partial charge in [-0.1, -0.05) is 29.8 Å². The Morgan fingerprint density at radius 1 is 1.29 bits per heavy atom. The van der Waals surface area contributed by atoms with Crippen LogP contribution in [0.25, 0.3) is 0 Å². The van der Waals surface area contributed by atoms with E-state index in [-0.39, 0.29) is 6.04 Å². The summed E-state index contributed by atoms with van der Waals surface area (Å²) in [5.41, 5.74) is 1.10. The van der Waals surface area contributed by atoms with E-state index >= 15 is 0 Å². The molecular weight excluding hydrogens is 302 g/mol. The zero-order chi connectivity index (χ0) is 12.3. The van der Waals surface area contributed by atoms with Gasteiger partial charge in [-0.2, -0.15) is 0 Å². The molecule has 2 rings (SSSR count). The van der Waals surface area contributed by atoms with Gasteiger partial charge >= 0.3 is 0 Å². The summed E-state index contributed by atoms with van der Waals surface area (Å²) in [5, 5.41) is 4.16. The highest BCUT2D eigenvalue weighted by Crippen LogP contribution is 2.22. The molecule has 0 unspecified atom stereocenters. The highest BCUT2D eigenvalue weighted by atomic mass is 79.9. The van der Waals surface area contributed by atoms with E-state index in [2.05, 4.69) is 28.2 Å². The van der Waals surface area contributed by atoms with Crippen molar-refractivity contribution in [2.45, 2.75) is 19.5 Å². The van der Waals surface area contributed by atoms with Gasteiger partial charge in [0.05, 0.1) is 6.54 Å². The third kappa shape index (κ3) is 3.35. The van der Waals surface area contributed by atoms with Crippen molar-refractivity contribution in [3.63, 3.8) is 0 Å². The van der Waals surface area contributed by atoms with E-state index in [1.165, 1.54) is 0 Å². The summed E-state index contributed by atoms with van der Waals surface area (Å²) >= 11 is 9.41. The maximum absolute atomic E-state index is 6.13. The van der Waals surface area contributed by atoms with Crippen LogP contribution in [0.5, 0.6) is 0 Å². The van der Waals surface area contributed by atoms with E-state index in [9.17, 15) is 0 Å². The normalized spacial score (nSPS) is 12.6. The minimum Gasteiger partial charge on any atom is -0.453 e. The number of nitrogens with one attached hydrogen (secondary N) is 1. The molecule has 0 amide bonds. The summed E-state index contributed by atoms with van der Waals surface area (Å²) in [7, 11) is 0. The Labute approximate surface area is 114 Å². The maximum atomic E-state index is 6.13. The van der Waals surface area contributed by atoms with Crippen molar-refractivity contribution >= 4 is 27.5 Å². The molecular formula is C13H13BrClNO. The van der Waals surface area contributed by atoms with Crippen LogP contribution in [0.1, 0.15) is 24.3 Å². The topological polar surface area (TPSA) is 25.2 Å². The number of hydrogen-bond acceptors (Lipinski definition) is 2. The molecule has 1 aromatic carbocycles. The lowest BCUT2D eigenvalue weighted by Crippen LogP contribution is -2.18. The Morgan fingerprint density at radius 3 is 2.71 bits per heavy atom. The van der Waals surface area contributed by atoms with Crippen molar-refractivity contribution in [2.75, 3.05) is 0 Å². The van der Waals surface area contributed by atoms with Crippen LogP contribution in [0.2, 0.25) is 5.02 Å². The van der Waals surface area contributed by atoms with Gasteiger partial charge in [0.2, 0.25) is 0 Å². The number of hydrogen-bond donors (Lipinski definition) is 1. The average molecular weight is 315 g/mol. The van der Waals surface area contributed by atoms with Crippen LogP contribution in [0, 0.1) is 0 Å². The molecule has 90 valence electrons. The fourth-order valence-corrected chi connectivity index (χ4v) is 2.28. The van der Waals surface area contributed by atoms with Gasteiger partial charge in [0, 0.05) is 11.1 Å². The van der Waals surface area contributed by atoms with E-state index < -0.39 is 0 Å². The molecule has 1 atom stereocenters. The molecule has 0 fully saturated rings. The Morgan fingerprint density at radius 2 is 2.06 bits per heavy atom. The van der Waals surface area contributed by atoms with Crippen molar-refractivity contribution < 1.29 is 4.42 Å². The van der Waals surface area contributed by atoms with Gasteiger partial charge in [-0.05, 0) is 46.6 Å². The zero-order valence-electron chi connectivity index (χ0n) is 9.41. The molecule has 0 saturated heterocycles. The Bertz CT molecular complexity index is 498. The number of rotatable bonds is 4. The van der Waals surface area contributed by atoms with Crippen molar-refractivity contribution in [2.24, 2.45) is 0 Å². The van der Waals surface area contributed by atoms with Gasteiger partial charge in [0.25, 0.3) is 0 Å². The van der Waals surface area contributed by atoms with Crippen LogP contribution < -0.4 is 5.32 Å². The molecule has 1 N–H and O–H groups in total. The lowest BCUT2D eigenvalue weighted by atomic mass is 10.1. The molecule has 0 bridgehead atoms. The standard InChI is InChI=1S/C13H13BrClNO/c1-9(11-4-2-3-5-12(11)15)16-8-10-6-7-13(14)17-10/h2-7,9,16H,8H2,1H3/t9-/m0/s1. The first kappa shape index (κ1) is 12.7. The van der Waals surface area contributed by atoms with Gasteiger partial charge in [0.1, 0.15) is 5.76 Å². The molecule has 2 aromatic rings. The molecule has 1 heterocycles. The first-order valence-electron chi connectivity index (χ1n) is 5.39. The van der Waals surface area contributed by atoms with Gasteiger partial charge in [-0.15, -0.1) is 0 Å². The molecule has 0 aliphatic heterocycles. The highest BCUT2D eigenvalue weighted by Gasteiger charge is 2.09. The van der Waals surface area contributed by atoms with E-state index in [4.69, 9.17) is 16.0 Å². The number of halogens is 2. The van der Waals surface area contributed by atoms with Crippen LogP contribution in [0.3, 0.4) is 0 Å². The molecule has 0 radical (unpaired) electrons. The van der Waals surface area contributed by atoms with E-state index in [0.29, 0.717) is 6.54 Å². The predicted octanol–water partition coefficient (Wildman–Crippen LogP) is 4.55. The van der Waals surface area contributed by atoms with Crippen LogP contribution in [0.15, 0.2) is 45.5 Å². The van der Waals surface area contributed by atoms with Crippen LogP contribution in [-0.4, -0.2) is 0 Å². The second kappa shape index (κ2) is 5.71. The third-order valence-electron chi connectivity index (χ3n) is 2.58. The second-order valence-electron chi connectivity index (χ2n) is 3.83. The quantitative estimate of drug-likeness (QED) is 0.896. The van der Waals surface area contributed by atoms with Gasteiger partial charge < -0.3 is 9.73 Å². The van der Waals surface area contributed by atoms with Gasteiger partial charge in [0.15, 0.2) is 4.67 Å². The van der Waals surface area contributed by atoms with Gasteiger partial charge in [-0.25, -0.2) is 0 Å². The second-order valence-corrected chi connectivity index (χ2v) is 5.02. The Kier molecular flexibility index (Phi) is 4.26. The number of furan rings is 1. The smallest absolute Gasteiger partial charge is 0.169 e. The molecule has 2 nitrogen and oxygen atoms in total. The average Bonchev–Trinajstić information content (AvgIpc) is 2.73. The summed E-state index contributed by atoms with van der Waals surface area (Å²) in [6, 6.07) is 11.9. The summed E-state index contributed by atoms with van der Waals surface area (Å²) in [5.74, 6) is 0.899. The Hall–Kier alpha value is -0.770. The van der Waals surface area contributed by atoms with Crippen molar-refractivity contribution in [1.29, 1.82) is 0 Å². The molecule has 4 heteroatoms.